The quantitative estimate of drug-likeness (QED) is 0.547. The maximum absolute atomic E-state index is 12.7. The summed E-state index contributed by atoms with van der Waals surface area (Å²) in [5.74, 6) is 0.284. The molecule has 3 rings (SSSR count). The molecule has 0 unspecified atom stereocenters. The molecule has 5 nitrogen and oxygen atoms in total. The number of hydrogen-bond acceptors (Lipinski definition) is 6. The van der Waals surface area contributed by atoms with Crippen LogP contribution in [-0.2, 0) is 14.8 Å². The van der Waals surface area contributed by atoms with Crippen LogP contribution in [0.4, 0.5) is 0 Å². The van der Waals surface area contributed by atoms with Gasteiger partial charge in [-0.1, -0.05) is 13.8 Å². The molecule has 0 aromatic rings. The van der Waals surface area contributed by atoms with Crippen molar-refractivity contribution in [1.29, 1.82) is 0 Å². The van der Waals surface area contributed by atoms with Gasteiger partial charge in [0.15, 0.2) is 0 Å². The highest BCUT2D eigenvalue weighted by molar-refractivity contribution is 8.38. The smallest absolute Gasteiger partial charge is 0.258 e. The summed E-state index contributed by atoms with van der Waals surface area (Å²) in [4.78, 5) is 16.9. The van der Waals surface area contributed by atoms with Crippen molar-refractivity contribution >= 4 is 43.8 Å². The number of aliphatic imine (C=N–C) groups is 1. The lowest BCUT2D eigenvalue weighted by atomic mass is 9.69. The Morgan fingerprint density at radius 3 is 2.52 bits per heavy atom. The third-order valence-corrected chi connectivity index (χ3v) is 10.2. The number of hydrogen-bond donors (Lipinski definition) is 0. The largest absolute Gasteiger partial charge is 0.272 e. The van der Waals surface area contributed by atoms with E-state index in [1.807, 2.05) is 12.5 Å². The number of carbonyl (C=O) groups excluding carboxylic acids is 1. The first kappa shape index (κ1) is 17.6. The molecule has 2 aliphatic carbocycles. The SMILES string of the molecule is CSC(=NCC(=O)N1[C@H]2C[C@H]3CC[C@]2(CS1(=O)=O)C3(C)C)SC. The van der Waals surface area contributed by atoms with Crippen LogP contribution < -0.4 is 0 Å². The summed E-state index contributed by atoms with van der Waals surface area (Å²) in [5.41, 5.74) is -0.259. The van der Waals surface area contributed by atoms with E-state index in [0.29, 0.717) is 5.92 Å². The summed E-state index contributed by atoms with van der Waals surface area (Å²) in [6.45, 7) is 4.30. The van der Waals surface area contributed by atoms with Crippen molar-refractivity contribution < 1.29 is 13.2 Å². The van der Waals surface area contributed by atoms with E-state index in [9.17, 15) is 13.2 Å². The highest BCUT2D eigenvalue weighted by atomic mass is 32.2. The van der Waals surface area contributed by atoms with Crippen LogP contribution >= 0.6 is 23.5 Å². The van der Waals surface area contributed by atoms with Crippen LogP contribution in [0.2, 0.25) is 0 Å². The number of rotatable bonds is 2. The first-order chi connectivity index (χ1) is 10.7. The molecular formula is C15H24N2O3S3. The van der Waals surface area contributed by atoms with E-state index in [2.05, 4.69) is 18.8 Å². The molecule has 2 saturated carbocycles. The van der Waals surface area contributed by atoms with Crippen LogP contribution in [-0.4, -0.2) is 53.9 Å². The van der Waals surface area contributed by atoms with E-state index >= 15 is 0 Å². The summed E-state index contributed by atoms with van der Waals surface area (Å²) in [7, 11) is -3.52. The molecule has 130 valence electrons. The molecule has 0 aromatic heterocycles. The van der Waals surface area contributed by atoms with Gasteiger partial charge >= 0.3 is 0 Å². The van der Waals surface area contributed by atoms with E-state index < -0.39 is 10.0 Å². The summed E-state index contributed by atoms with van der Waals surface area (Å²) in [6, 6.07) is -0.157. The maximum Gasteiger partial charge on any atom is 0.258 e. The Morgan fingerprint density at radius 1 is 1.30 bits per heavy atom. The fraction of sp³-hybridized carbons (Fsp3) is 0.867. The van der Waals surface area contributed by atoms with Gasteiger partial charge in [-0.15, -0.1) is 23.5 Å². The van der Waals surface area contributed by atoms with Gasteiger partial charge in [0.1, 0.15) is 10.9 Å². The Bertz CT molecular complexity index is 653. The molecule has 3 aliphatic rings. The van der Waals surface area contributed by atoms with Gasteiger partial charge in [0.2, 0.25) is 10.0 Å². The van der Waals surface area contributed by atoms with Gasteiger partial charge < -0.3 is 0 Å². The van der Waals surface area contributed by atoms with Crippen molar-refractivity contribution in [3.63, 3.8) is 0 Å². The highest BCUT2D eigenvalue weighted by Crippen LogP contribution is 2.69. The third-order valence-electron chi connectivity index (χ3n) is 6.35. The van der Waals surface area contributed by atoms with Crippen LogP contribution in [0.15, 0.2) is 4.99 Å². The number of thioether (sulfide) groups is 2. The van der Waals surface area contributed by atoms with Gasteiger partial charge in [0.05, 0.1) is 11.8 Å². The molecule has 23 heavy (non-hydrogen) atoms. The Morgan fingerprint density at radius 2 is 1.96 bits per heavy atom. The predicted octanol–water partition coefficient (Wildman–Crippen LogP) is 2.44. The summed E-state index contributed by atoms with van der Waals surface area (Å²) in [6.07, 6.45) is 6.63. The van der Waals surface area contributed by atoms with Gasteiger partial charge in [-0.05, 0) is 43.1 Å². The van der Waals surface area contributed by atoms with Crippen LogP contribution in [0.25, 0.3) is 0 Å². The molecule has 0 N–H and O–H groups in total. The Labute approximate surface area is 147 Å². The molecule has 3 fully saturated rings. The Hall–Kier alpha value is -0.210. The standard InChI is InChI=1S/C15H24N2O3S3/c1-14(2)10-5-6-15(14)9-23(19,20)17(11(15)7-10)12(18)8-16-13(21-3)22-4/h10-11H,5-9H2,1-4H3/t10-,11+,15-/m1/s1. The van der Waals surface area contributed by atoms with Crippen molar-refractivity contribution in [2.75, 3.05) is 24.8 Å². The first-order valence-electron chi connectivity index (χ1n) is 7.87. The average Bonchev–Trinajstić information content (AvgIpc) is 2.95. The maximum atomic E-state index is 12.7. The molecule has 2 bridgehead atoms. The average molecular weight is 377 g/mol. The molecule has 1 aliphatic heterocycles. The van der Waals surface area contributed by atoms with E-state index in [4.69, 9.17) is 0 Å². The highest BCUT2D eigenvalue weighted by Gasteiger charge is 2.72. The molecular weight excluding hydrogens is 352 g/mol. The van der Waals surface area contributed by atoms with Crippen molar-refractivity contribution in [3.8, 4) is 0 Å². The van der Waals surface area contributed by atoms with Crippen molar-refractivity contribution in [2.24, 2.45) is 21.7 Å². The molecule has 1 heterocycles. The summed E-state index contributed by atoms with van der Waals surface area (Å²) >= 11 is 2.95. The van der Waals surface area contributed by atoms with E-state index in [-0.39, 0.29) is 35.1 Å². The lowest BCUT2D eigenvalue weighted by Crippen LogP contribution is -2.45. The van der Waals surface area contributed by atoms with Gasteiger partial charge in [0, 0.05) is 5.41 Å². The molecule has 8 heteroatoms. The van der Waals surface area contributed by atoms with Crippen LogP contribution in [0.3, 0.4) is 0 Å². The second kappa shape index (κ2) is 5.66. The molecule has 1 spiro atoms. The second-order valence-electron chi connectivity index (χ2n) is 7.30. The second-order valence-corrected chi connectivity index (χ2v) is 11.0. The number of nitrogens with zero attached hydrogens (tertiary/aromatic N) is 2. The topological polar surface area (TPSA) is 66.8 Å². The normalized spacial score (nSPS) is 36.1. The molecule has 0 aromatic carbocycles. The summed E-state index contributed by atoms with van der Waals surface area (Å²) in [5, 5.41) is 0. The van der Waals surface area contributed by atoms with Crippen molar-refractivity contribution in [3.05, 3.63) is 0 Å². The van der Waals surface area contributed by atoms with Crippen LogP contribution in [0, 0.1) is 16.7 Å². The van der Waals surface area contributed by atoms with Crippen LogP contribution in [0.5, 0.6) is 0 Å². The molecule has 1 saturated heterocycles. The van der Waals surface area contributed by atoms with Gasteiger partial charge in [0.25, 0.3) is 5.91 Å². The minimum absolute atomic E-state index is 0.00721. The monoisotopic (exact) mass is 376 g/mol. The lowest BCUT2D eigenvalue weighted by Gasteiger charge is -2.37. The minimum atomic E-state index is -3.52. The van der Waals surface area contributed by atoms with Crippen molar-refractivity contribution in [1.82, 2.24) is 4.31 Å². The fourth-order valence-corrected chi connectivity index (χ4v) is 8.63. The van der Waals surface area contributed by atoms with E-state index in [0.717, 1.165) is 23.6 Å². The number of fused-ring (bicyclic) bond motifs is 1. The number of amides is 1. The predicted molar refractivity (Wildman–Crippen MR) is 97.3 cm³/mol. The Kier molecular flexibility index (Phi) is 4.33. The summed E-state index contributed by atoms with van der Waals surface area (Å²) < 4.78 is 27.4. The Balaban J connectivity index is 1.89. The van der Waals surface area contributed by atoms with Gasteiger partial charge in [-0.25, -0.2) is 12.7 Å². The molecule has 1 amide bonds. The fourth-order valence-electron chi connectivity index (χ4n) is 5.03. The third kappa shape index (κ3) is 2.39. The zero-order chi connectivity index (χ0) is 17.0. The van der Waals surface area contributed by atoms with E-state index in [1.54, 1.807) is 0 Å². The molecule has 3 atom stereocenters. The van der Waals surface area contributed by atoms with Gasteiger partial charge in [-0.2, -0.15) is 0 Å². The zero-order valence-corrected chi connectivity index (χ0v) is 16.5. The van der Waals surface area contributed by atoms with Gasteiger partial charge in [-0.3, -0.25) is 9.79 Å². The van der Waals surface area contributed by atoms with Crippen molar-refractivity contribution in [2.45, 2.75) is 39.2 Å². The minimum Gasteiger partial charge on any atom is -0.272 e. The van der Waals surface area contributed by atoms with E-state index in [1.165, 1.54) is 27.8 Å². The first-order valence-corrected chi connectivity index (χ1v) is 11.9. The number of sulfonamides is 1. The van der Waals surface area contributed by atoms with Crippen LogP contribution in [0.1, 0.15) is 33.1 Å². The lowest BCUT2D eigenvalue weighted by molar-refractivity contribution is -0.127. The number of carbonyl (C=O) groups is 1. The zero-order valence-electron chi connectivity index (χ0n) is 14.0. The molecule has 0 radical (unpaired) electrons.